The van der Waals surface area contributed by atoms with E-state index in [2.05, 4.69) is 67.3 Å². The molecule has 8 nitrogen and oxygen atoms in total. The molecular formula is C30H33ClN8. The Hall–Kier alpha value is -3.75. The lowest BCUT2D eigenvalue weighted by Gasteiger charge is -2.30. The van der Waals surface area contributed by atoms with E-state index in [-0.39, 0.29) is 5.92 Å². The molecule has 1 unspecified atom stereocenters. The van der Waals surface area contributed by atoms with Crippen molar-refractivity contribution in [3.8, 4) is 0 Å². The van der Waals surface area contributed by atoms with Crippen LogP contribution in [0.5, 0.6) is 0 Å². The lowest BCUT2D eigenvalue weighted by atomic mass is 9.81. The highest BCUT2D eigenvalue weighted by atomic mass is 35.5. The number of fused-ring (bicyclic) bond motifs is 1. The van der Waals surface area contributed by atoms with Crippen molar-refractivity contribution in [2.24, 2.45) is 0 Å². The second-order valence-electron chi connectivity index (χ2n) is 10.5. The molecule has 200 valence electrons. The molecule has 0 radical (unpaired) electrons. The minimum atomic E-state index is 0.0509. The van der Waals surface area contributed by atoms with Crippen LogP contribution in [0.15, 0.2) is 73.1 Å². The van der Waals surface area contributed by atoms with Crippen molar-refractivity contribution in [1.82, 2.24) is 35.5 Å². The Morgan fingerprint density at radius 1 is 1.05 bits per heavy atom. The number of nitrogens with two attached hydrogens (primary N) is 1. The number of nitrogens with zero attached hydrogens (tertiary/aromatic N) is 5. The molecule has 5 aromatic rings. The molecular weight excluding hydrogens is 508 g/mol. The average molecular weight is 541 g/mol. The second-order valence-corrected chi connectivity index (χ2v) is 10.9. The van der Waals surface area contributed by atoms with Gasteiger partial charge in [0.15, 0.2) is 5.65 Å². The van der Waals surface area contributed by atoms with Crippen LogP contribution < -0.4 is 11.1 Å². The topological polar surface area (TPSA) is 110 Å². The fraction of sp³-hybridized carbons (Fsp3) is 0.333. The maximum absolute atomic E-state index is 6.19. The quantitative estimate of drug-likeness (QED) is 0.222. The maximum atomic E-state index is 6.19. The van der Waals surface area contributed by atoms with Crippen LogP contribution in [0.25, 0.3) is 11.2 Å². The van der Waals surface area contributed by atoms with Crippen LogP contribution in [0.1, 0.15) is 66.2 Å². The standard InChI is InChI=1S/C30H33ClN8/c31-24-10-6-20(7-11-24)18-39-19-23(17-34-39)26(27-16-28(32)35-30-29(27)36-38-37-30)14-15-33-25-12-8-22(9-13-25)21-4-2-1-3-5-21/h1-7,10-11,16-17,19,22,25-26,33H,8-9,12-15,18H2,(H3,32,35,36,37,38)/t22-,25-,26?. The number of rotatable bonds is 9. The summed E-state index contributed by atoms with van der Waals surface area (Å²) in [5, 5.41) is 20.5. The molecule has 1 aliphatic carbocycles. The normalized spacial score (nSPS) is 18.4. The highest BCUT2D eigenvalue weighted by Crippen LogP contribution is 2.34. The van der Waals surface area contributed by atoms with E-state index in [9.17, 15) is 0 Å². The Morgan fingerprint density at radius 3 is 2.64 bits per heavy atom. The monoisotopic (exact) mass is 540 g/mol. The summed E-state index contributed by atoms with van der Waals surface area (Å²) in [6, 6.07) is 21.3. The van der Waals surface area contributed by atoms with Gasteiger partial charge >= 0.3 is 0 Å². The fourth-order valence-corrected chi connectivity index (χ4v) is 5.99. The van der Waals surface area contributed by atoms with Gasteiger partial charge in [-0.15, -0.1) is 5.10 Å². The van der Waals surface area contributed by atoms with Crippen molar-refractivity contribution in [2.75, 3.05) is 12.3 Å². The van der Waals surface area contributed by atoms with Crippen molar-refractivity contribution < 1.29 is 0 Å². The van der Waals surface area contributed by atoms with Gasteiger partial charge in [-0.3, -0.25) is 4.68 Å². The van der Waals surface area contributed by atoms with E-state index >= 15 is 0 Å². The van der Waals surface area contributed by atoms with Gasteiger partial charge in [0.2, 0.25) is 0 Å². The third-order valence-electron chi connectivity index (χ3n) is 7.90. The summed E-state index contributed by atoms with van der Waals surface area (Å²) in [4.78, 5) is 4.38. The Morgan fingerprint density at radius 2 is 1.85 bits per heavy atom. The first-order chi connectivity index (χ1) is 19.1. The van der Waals surface area contributed by atoms with E-state index in [0.717, 1.165) is 40.2 Å². The fourth-order valence-electron chi connectivity index (χ4n) is 5.86. The Kier molecular flexibility index (Phi) is 7.56. The van der Waals surface area contributed by atoms with Crippen LogP contribution in [0.4, 0.5) is 5.82 Å². The number of aromatic nitrogens is 6. The molecule has 0 spiro atoms. The van der Waals surface area contributed by atoms with Gasteiger partial charge in [-0.1, -0.05) is 59.3 Å². The van der Waals surface area contributed by atoms with E-state index in [1.807, 2.05) is 41.2 Å². The van der Waals surface area contributed by atoms with E-state index in [0.29, 0.717) is 30.0 Å². The lowest BCUT2D eigenvalue weighted by molar-refractivity contribution is 0.340. The highest BCUT2D eigenvalue weighted by molar-refractivity contribution is 6.30. The van der Waals surface area contributed by atoms with E-state index in [4.69, 9.17) is 17.3 Å². The molecule has 1 aliphatic rings. The van der Waals surface area contributed by atoms with Crippen LogP contribution >= 0.6 is 11.6 Å². The first-order valence-corrected chi connectivity index (χ1v) is 14.0. The molecule has 3 heterocycles. The zero-order valence-corrected chi connectivity index (χ0v) is 22.6. The number of aromatic amines is 1. The van der Waals surface area contributed by atoms with Gasteiger partial charge in [0.1, 0.15) is 11.3 Å². The van der Waals surface area contributed by atoms with Gasteiger partial charge in [-0.25, -0.2) is 10.1 Å². The molecule has 4 N–H and O–H groups in total. The van der Waals surface area contributed by atoms with Crippen molar-refractivity contribution in [2.45, 2.75) is 56.5 Å². The lowest BCUT2D eigenvalue weighted by Crippen LogP contribution is -2.34. The zero-order valence-electron chi connectivity index (χ0n) is 21.8. The number of H-pyrrole nitrogens is 1. The number of anilines is 1. The van der Waals surface area contributed by atoms with Crippen molar-refractivity contribution >= 4 is 28.6 Å². The summed E-state index contributed by atoms with van der Waals surface area (Å²) in [5.74, 6) is 1.17. The Balaban J connectivity index is 1.17. The third kappa shape index (κ3) is 5.97. The van der Waals surface area contributed by atoms with Crippen LogP contribution in [0.3, 0.4) is 0 Å². The zero-order chi connectivity index (χ0) is 26.6. The molecule has 0 amide bonds. The average Bonchev–Trinajstić information content (AvgIpc) is 3.63. The van der Waals surface area contributed by atoms with E-state index in [1.54, 1.807) is 0 Å². The minimum absolute atomic E-state index is 0.0509. The number of nitrogen functional groups attached to an aromatic ring is 1. The van der Waals surface area contributed by atoms with Gasteiger partial charge in [0.25, 0.3) is 0 Å². The van der Waals surface area contributed by atoms with Gasteiger partial charge in [-0.2, -0.15) is 5.10 Å². The van der Waals surface area contributed by atoms with Gasteiger partial charge < -0.3 is 11.1 Å². The van der Waals surface area contributed by atoms with Gasteiger partial charge in [0, 0.05) is 23.2 Å². The number of hydrogen-bond donors (Lipinski definition) is 3. The Bertz CT molecular complexity index is 1500. The largest absolute Gasteiger partial charge is 0.384 e. The van der Waals surface area contributed by atoms with Crippen LogP contribution in [-0.4, -0.2) is 42.8 Å². The number of halogens is 1. The van der Waals surface area contributed by atoms with Crippen LogP contribution in [0.2, 0.25) is 5.02 Å². The molecule has 1 fully saturated rings. The molecule has 0 saturated heterocycles. The molecule has 9 heteroatoms. The number of benzene rings is 2. The second kappa shape index (κ2) is 11.6. The number of pyridine rings is 1. The van der Waals surface area contributed by atoms with Crippen molar-refractivity contribution in [3.05, 3.63) is 100 Å². The molecule has 39 heavy (non-hydrogen) atoms. The molecule has 6 rings (SSSR count). The molecule has 1 saturated carbocycles. The molecule has 3 aromatic heterocycles. The first-order valence-electron chi connectivity index (χ1n) is 13.6. The summed E-state index contributed by atoms with van der Waals surface area (Å²) < 4.78 is 1.97. The van der Waals surface area contributed by atoms with E-state index < -0.39 is 0 Å². The summed E-state index contributed by atoms with van der Waals surface area (Å²) in [6.45, 7) is 1.56. The van der Waals surface area contributed by atoms with Gasteiger partial charge in [0.05, 0.1) is 12.7 Å². The Labute approximate surface area is 233 Å². The molecule has 1 atom stereocenters. The van der Waals surface area contributed by atoms with Crippen LogP contribution in [0, 0.1) is 0 Å². The first kappa shape index (κ1) is 25.5. The third-order valence-corrected chi connectivity index (χ3v) is 8.15. The number of hydrogen-bond acceptors (Lipinski definition) is 6. The smallest absolute Gasteiger partial charge is 0.178 e. The van der Waals surface area contributed by atoms with Crippen LogP contribution in [-0.2, 0) is 6.54 Å². The molecule has 0 aliphatic heterocycles. The maximum Gasteiger partial charge on any atom is 0.178 e. The summed E-state index contributed by atoms with van der Waals surface area (Å²) in [5.41, 5.74) is 12.3. The van der Waals surface area contributed by atoms with Crippen molar-refractivity contribution in [1.29, 1.82) is 0 Å². The van der Waals surface area contributed by atoms with E-state index in [1.165, 1.54) is 31.2 Å². The highest BCUT2D eigenvalue weighted by Gasteiger charge is 2.24. The number of nitrogens with one attached hydrogen (secondary N) is 2. The summed E-state index contributed by atoms with van der Waals surface area (Å²) in [6.07, 6.45) is 9.79. The summed E-state index contributed by atoms with van der Waals surface area (Å²) in [7, 11) is 0. The SMILES string of the molecule is Nc1cc(C(CCN[C@H]2CC[C@H](c3ccccc3)CC2)c2cnn(Cc3ccc(Cl)cc3)c2)c2nn[nH]c2n1. The predicted molar refractivity (Wildman–Crippen MR) is 155 cm³/mol. The molecule has 2 aromatic carbocycles. The minimum Gasteiger partial charge on any atom is -0.384 e. The summed E-state index contributed by atoms with van der Waals surface area (Å²) >= 11 is 6.06. The predicted octanol–water partition coefficient (Wildman–Crippen LogP) is 5.67. The van der Waals surface area contributed by atoms with Crippen molar-refractivity contribution in [3.63, 3.8) is 0 Å². The van der Waals surface area contributed by atoms with Gasteiger partial charge in [-0.05, 0) is 85.0 Å². The molecule has 0 bridgehead atoms.